The van der Waals surface area contributed by atoms with Crippen molar-refractivity contribution >= 4 is 33.4 Å². The van der Waals surface area contributed by atoms with Gasteiger partial charge in [-0.1, -0.05) is 9.84 Å². The number of nitrogens with one attached hydrogen (secondary N) is 1. The van der Waals surface area contributed by atoms with Crippen LogP contribution in [0.25, 0.3) is 50.4 Å². The summed E-state index contributed by atoms with van der Waals surface area (Å²) in [6.45, 7) is 0. The average Bonchev–Trinajstić information content (AvgIpc) is 3.42. The van der Waals surface area contributed by atoms with E-state index >= 15 is 0 Å². The molecule has 0 saturated carbocycles. The summed E-state index contributed by atoms with van der Waals surface area (Å²) >= 11 is 0. The number of hydrogen-bond donors (Lipinski definition) is 1. The first-order chi connectivity index (χ1) is 13.3. The molecule has 0 saturated heterocycles. The first-order valence-electron chi connectivity index (χ1n) is 8.16. The van der Waals surface area contributed by atoms with E-state index in [0.29, 0.717) is 28.1 Å². The highest BCUT2D eigenvalue weighted by Crippen LogP contribution is 2.26. The second-order valence-corrected chi connectivity index (χ2v) is 6.03. The summed E-state index contributed by atoms with van der Waals surface area (Å²) in [6, 6.07) is 5.68. The monoisotopic (exact) mass is 356 g/mol. The quantitative estimate of drug-likeness (QED) is 0.475. The molecule has 1 N–H and O–H groups in total. The third-order valence-corrected chi connectivity index (χ3v) is 4.33. The van der Waals surface area contributed by atoms with Crippen LogP contribution in [0.2, 0.25) is 0 Å². The predicted octanol–water partition coefficient (Wildman–Crippen LogP) is 2.58. The maximum atomic E-state index is 5.77. The molecular formula is C18H10N7O2+. The van der Waals surface area contributed by atoms with Crippen LogP contribution >= 0.6 is 0 Å². The van der Waals surface area contributed by atoms with Crippen molar-refractivity contribution in [3.8, 4) is 17.0 Å². The zero-order valence-electron chi connectivity index (χ0n) is 13.7. The molecule has 0 aliphatic carbocycles. The molecule has 0 atom stereocenters. The molecule has 128 valence electrons. The maximum Gasteiger partial charge on any atom is 0.257 e. The number of aromatic nitrogens is 7. The highest BCUT2D eigenvalue weighted by Gasteiger charge is 2.16. The Bertz CT molecular complexity index is 1410. The molecule has 0 fully saturated rings. The lowest BCUT2D eigenvalue weighted by Crippen LogP contribution is -2.31. The standard InChI is InChI=1S/C18H9N7O2/c1-2-20-18-13(19-1)5-16(26-18)10-3-12-15(21-6-10)9-25(24-12)11-4-17-14(22-7-11)8-23-27-17/h1-9H/p+1. The van der Waals surface area contributed by atoms with Crippen molar-refractivity contribution in [2.75, 3.05) is 0 Å². The SMILES string of the molecule is c1cnc2oc(-c3cnc4c[n+](-c5cnc6cnoc6c5)[nH]c4c3)cc2n1. The summed E-state index contributed by atoms with van der Waals surface area (Å²) in [6.07, 6.45) is 10.2. The Morgan fingerprint density at radius 2 is 1.78 bits per heavy atom. The molecule has 0 amide bonds. The molecule has 6 heterocycles. The number of aromatic amines is 1. The molecule has 0 radical (unpaired) electrons. The molecule has 6 rings (SSSR count). The van der Waals surface area contributed by atoms with E-state index < -0.39 is 0 Å². The number of pyridine rings is 2. The Morgan fingerprint density at radius 1 is 0.852 bits per heavy atom. The molecule has 0 aliphatic heterocycles. The van der Waals surface area contributed by atoms with Gasteiger partial charge >= 0.3 is 0 Å². The molecular weight excluding hydrogens is 346 g/mol. The van der Waals surface area contributed by atoms with Gasteiger partial charge in [0.15, 0.2) is 11.1 Å². The van der Waals surface area contributed by atoms with E-state index in [1.807, 2.05) is 29.1 Å². The van der Waals surface area contributed by atoms with Gasteiger partial charge in [0.2, 0.25) is 11.9 Å². The van der Waals surface area contributed by atoms with Gasteiger partial charge in [-0.25, -0.2) is 19.9 Å². The van der Waals surface area contributed by atoms with Crippen LogP contribution in [0.1, 0.15) is 0 Å². The van der Waals surface area contributed by atoms with E-state index in [0.717, 1.165) is 22.3 Å². The highest BCUT2D eigenvalue weighted by molar-refractivity contribution is 5.81. The van der Waals surface area contributed by atoms with E-state index in [9.17, 15) is 0 Å². The lowest BCUT2D eigenvalue weighted by Gasteiger charge is -1.94. The van der Waals surface area contributed by atoms with Gasteiger partial charge in [0.1, 0.15) is 28.5 Å². The molecule has 0 spiro atoms. The summed E-state index contributed by atoms with van der Waals surface area (Å²) in [5.74, 6) is 0.663. The van der Waals surface area contributed by atoms with Crippen LogP contribution in [-0.4, -0.2) is 30.2 Å². The maximum absolute atomic E-state index is 5.77. The Hall–Kier alpha value is -4.14. The zero-order chi connectivity index (χ0) is 17.8. The van der Waals surface area contributed by atoms with Gasteiger partial charge in [0.05, 0.1) is 12.3 Å². The highest BCUT2D eigenvalue weighted by atomic mass is 16.5. The van der Waals surface area contributed by atoms with Crippen LogP contribution in [0.3, 0.4) is 0 Å². The minimum Gasteiger partial charge on any atom is -0.436 e. The van der Waals surface area contributed by atoms with Gasteiger partial charge in [-0.05, 0) is 6.07 Å². The lowest BCUT2D eigenvalue weighted by molar-refractivity contribution is -0.653. The molecule has 27 heavy (non-hydrogen) atoms. The summed E-state index contributed by atoms with van der Waals surface area (Å²) in [4.78, 5) is 17.3. The second-order valence-electron chi connectivity index (χ2n) is 6.03. The topological polar surface area (TPSA) is 110 Å². The van der Waals surface area contributed by atoms with Crippen molar-refractivity contribution in [1.82, 2.24) is 30.2 Å². The van der Waals surface area contributed by atoms with Crippen LogP contribution in [0.4, 0.5) is 0 Å². The smallest absolute Gasteiger partial charge is 0.257 e. The van der Waals surface area contributed by atoms with E-state index in [4.69, 9.17) is 8.94 Å². The van der Waals surface area contributed by atoms with Crippen molar-refractivity contribution < 1.29 is 13.6 Å². The molecule has 0 aromatic carbocycles. The van der Waals surface area contributed by atoms with Crippen molar-refractivity contribution in [2.24, 2.45) is 0 Å². The van der Waals surface area contributed by atoms with Crippen LogP contribution in [0.15, 0.2) is 64.3 Å². The number of H-pyrrole nitrogens is 1. The first kappa shape index (κ1) is 14.1. The van der Waals surface area contributed by atoms with Crippen LogP contribution < -0.4 is 4.68 Å². The Morgan fingerprint density at radius 3 is 2.74 bits per heavy atom. The van der Waals surface area contributed by atoms with Crippen molar-refractivity contribution in [3.05, 3.63) is 55.4 Å². The molecule has 6 aromatic rings. The van der Waals surface area contributed by atoms with E-state index in [-0.39, 0.29) is 0 Å². The Balaban J connectivity index is 1.46. The predicted molar refractivity (Wildman–Crippen MR) is 93.8 cm³/mol. The van der Waals surface area contributed by atoms with Crippen molar-refractivity contribution in [2.45, 2.75) is 0 Å². The van der Waals surface area contributed by atoms with Gasteiger partial charge in [0.25, 0.3) is 5.69 Å². The number of rotatable bonds is 2. The van der Waals surface area contributed by atoms with Crippen molar-refractivity contribution in [1.29, 1.82) is 0 Å². The van der Waals surface area contributed by atoms with Crippen LogP contribution in [-0.2, 0) is 0 Å². The minimum atomic E-state index is 0.501. The van der Waals surface area contributed by atoms with Gasteiger partial charge in [0, 0.05) is 30.2 Å². The summed E-state index contributed by atoms with van der Waals surface area (Å²) < 4.78 is 12.8. The number of furan rings is 1. The second kappa shape index (κ2) is 5.18. The molecule has 9 heteroatoms. The molecule has 9 nitrogen and oxygen atoms in total. The van der Waals surface area contributed by atoms with Gasteiger partial charge < -0.3 is 8.94 Å². The van der Waals surface area contributed by atoms with Crippen molar-refractivity contribution in [3.63, 3.8) is 0 Å². The lowest BCUT2D eigenvalue weighted by atomic mass is 10.2. The van der Waals surface area contributed by atoms with Gasteiger partial charge in [-0.2, -0.15) is 5.10 Å². The molecule has 0 bridgehead atoms. The van der Waals surface area contributed by atoms with Crippen LogP contribution in [0.5, 0.6) is 0 Å². The number of nitrogens with zero attached hydrogens (tertiary/aromatic N) is 6. The fourth-order valence-corrected chi connectivity index (χ4v) is 3.02. The molecule has 6 aromatic heterocycles. The normalized spacial score (nSPS) is 11.7. The van der Waals surface area contributed by atoms with Crippen LogP contribution in [0, 0.1) is 0 Å². The largest absolute Gasteiger partial charge is 0.436 e. The number of hydrogen-bond acceptors (Lipinski definition) is 7. The fourth-order valence-electron chi connectivity index (χ4n) is 3.02. The first-order valence-corrected chi connectivity index (χ1v) is 8.16. The zero-order valence-corrected chi connectivity index (χ0v) is 13.7. The average molecular weight is 356 g/mol. The van der Waals surface area contributed by atoms with Gasteiger partial charge in [-0.3, -0.25) is 0 Å². The van der Waals surface area contributed by atoms with Gasteiger partial charge in [-0.15, -0.1) is 0 Å². The minimum absolute atomic E-state index is 0.501. The summed E-state index contributed by atoms with van der Waals surface area (Å²) in [7, 11) is 0. The Kier molecular flexibility index (Phi) is 2.70. The number of fused-ring (bicyclic) bond motifs is 3. The third kappa shape index (κ3) is 2.18. The summed E-state index contributed by atoms with van der Waals surface area (Å²) in [5.41, 5.74) is 5.85. The van der Waals surface area contributed by atoms with E-state index in [1.54, 1.807) is 31.0 Å². The molecule has 0 aliphatic rings. The Labute approximate surface area is 150 Å². The molecule has 0 unspecified atom stereocenters. The van der Waals surface area contributed by atoms with E-state index in [2.05, 4.69) is 30.2 Å². The van der Waals surface area contributed by atoms with E-state index in [1.165, 1.54) is 0 Å². The third-order valence-electron chi connectivity index (χ3n) is 4.33. The fraction of sp³-hybridized carbons (Fsp3) is 0. The summed E-state index contributed by atoms with van der Waals surface area (Å²) in [5, 5.41) is 7.04.